The van der Waals surface area contributed by atoms with E-state index in [9.17, 15) is 5.11 Å². The van der Waals surface area contributed by atoms with Gasteiger partial charge in [-0.2, -0.15) is 0 Å². The number of nitrogens with two attached hydrogens (primary N) is 1. The van der Waals surface area contributed by atoms with Crippen LogP contribution in [-0.2, 0) is 0 Å². The number of rotatable bonds is 3. The van der Waals surface area contributed by atoms with Gasteiger partial charge in [-0.15, -0.1) is 0 Å². The summed E-state index contributed by atoms with van der Waals surface area (Å²) in [6, 6.07) is 1.84. The van der Waals surface area contributed by atoms with E-state index in [-0.39, 0.29) is 6.54 Å². The lowest BCUT2D eigenvalue weighted by atomic mass is 10.1. The Morgan fingerprint density at radius 1 is 1.31 bits per heavy atom. The van der Waals surface area contributed by atoms with Gasteiger partial charge >= 0.3 is 0 Å². The first-order chi connectivity index (χ1) is 7.81. The number of anilines is 1. The fourth-order valence-corrected chi connectivity index (χ4v) is 1.96. The normalized spacial score (nSPS) is 18.5. The number of piperidine rings is 1. The average Bonchev–Trinajstić information content (AvgIpc) is 2.39. The molecule has 1 aromatic rings. The summed E-state index contributed by atoms with van der Waals surface area (Å²) in [6.07, 6.45) is 4.52. The predicted octanol–water partition coefficient (Wildman–Crippen LogP) is 0.459. The van der Waals surface area contributed by atoms with Crippen LogP contribution in [0.25, 0.3) is 0 Å². The zero-order valence-corrected chi connectivity index (χ0v) is 9.34. The molecule has 3 N–H and O–H groups in total. The predicted molar refractivity (Wildman–Crippen MR) is 62.1 cm³/mol. The molecule has 0 spiro atoms. The van der Waals surface area contributed by atoms with Crippen molar-refractivity contribution in [3.05, 3.63) is 18.1 Å². The Morgan fingerprint density at radius 3 is 2.75 bits per heavy atom. The molecule has 1 aliphatic heterocycles. The van der Waals surface area contributed by atoms with E-state index in [4.69, 9.17) is 5.73 Å². The highest BCUT2D eigenvalue weighted by molar-refractivity contribution is 5.39. The topological polar surface area (TPSA) is 75.3 Å². The van der Waals surface area contributed by atoms with E-state index >= 15 is 0 Å². The van der Waals surface area contributed by atoms with E-state index in [2.05, 4.69) is 14.9 Å². The molecule has 2 rings (SSSR count). The quantitative estimate of drug-likeness (QED) is 0.777. The first-order valence-electron chi connectivity index (χ1n) is 5.76. The van der Waals surface area contributed by atoms with Gasteiger partial charge in [-0.05, 0) is 19.3 Å². The van der Waals surface area contributed by atoms with Crippen LogP contribution >= 0.6 is 0 Å². The second-order valence-corrected chi connectivity index (χ2v) is 4.10. The fourth-order valence-electron chi connectivity index (χ4n) is 1.96. The molecule has 0 bridgehead atoms. The molecular formula is C11H18N4O. The molecule has 0 amide bonds. The third-order valence-electron chi connectivity index (χ3n) is 2.92. The molecule has 16 heavy (non-hydrogen) atoms. The van der Waals surface area contributed by atoms with Crippen LogP contribution in [0.5, 0.6) is 0 Å². The Labute approximate surface area is 95.3 Å². The molecule has 1 atom stereocenters. The van der Waals surface area contributed by atoms with Crippen molar-refractivity contribution in [2.45, 2.75) is 25.4 Å². The van der Waals surface area contributed by atoms with Crippen molar-refractivity contribution in [2.24, 2.45) is 5.73 Å². The van der Waals surface area contributed by atoms with Gasteiger partial charge in [0.25, 0.3) is 0 Å². The van der Waals surface area contributed by atoms with Crippen molar-refractivity contribution in [1.29, 1.82) is 0 Å². The van der Waals surface area contributed by atoms with E-state index < -0.39 is 6.10 Å². The van der Waals surface area contributed by atoms with Crippen LogP contribution in [-0.4, -0.2) is 34.7 Å². The van der Waals surface area contributed by atoms with Gasteiger partial charge in [0.2, 0.25) is 0 Å². The molecule has 0 saturated carbocycles. The Hall–Kier alpha value is -1.20. The van der Waals surface area contributed by atoms with Gasteiger partial charge < -0.3 is 15.7 Å². The standard InChI is InChI=1S/C11H18N4O/c12-7-10(16)9-6-11(14-8-13-9)15-4-2-1-3-5-15/h6,8,10,16H,1-5,7,12H2. The van der Waals surface area contributed by atoms with E-state index in [1.54, 1.807) is 0 Å². The number of hydrogen-bond donors (Lipinski definition) is 2. The highest BCUT2D eigenvalue weighted by Crippen LogP contribution is 2.19. The maximum atomic E-state index is 9.62. The summed E-state index contributed by atoms with van der Waals surface area (Å²) in [5.41, 5.74) is 6.02. The second kappa shape index (κ2) is 5.23. The lowest BCUT2D eigenvalue weighted by Crippen LogP contribution is -2.30. The van der Waals surface area contributed by atoms with Crippen molar-refractivity contribution >= 4 is 5.82 Å². The van der Waals surface area contributed by atoms with E-state index in [0.29, 0.717) is 5.69 Å². The molecule has 5 nitrogen and oxygen atoms in total. The van der Waals surface area contributed by atoms with Crippen LogP contribution in [0.4, 0.5) is 5.82 Å². The highest BCUT2D eigenvalue weighted by atomic mass is 16.3. The van der Waals surface area contributed by atoms with Crippen molar-refractivity contribution in [3.63, 3.8) is 0 Å². The van der Waals surface area contributed by atoms with Gasteiger partial charge in [0.15, 0.2) is 0 Å². The molecule has 2 heterocycles. The second-order valence-electron chi connectivity index (χ2n) is 4.10. The molecule has 1 fully saturated rings. The van der Waals surface area contributed by atoms with Crippen LogP contribution in [0.15, 0.2) is 12.4 Å². The molecule has 1 aromatic heterocycles. The smallest absolute Gasteiger partial charge is 0.132 e. The molecule has 1 unspecified atom stereocenters. The molecular weight excluding hydrogens is 204 g/mol. The van der Waals surface area contributed by atoms with Gasteiger partial charge in [-0.1, -0.05) is 0 Å². The SMILES string of the molecule is NCC(O)c1cc(N2CCCCC2)ncn1. The van der Waals surface area contributed by atoms with E-state index in [1.807, 2.05) is 6.07 Å². The van der Waals surface area contributed by atoms with Crippen molar-refractivity contribution in [3.8, 4) is 0 Å². The summed E-state index contributed by atoms with van der Waals surface area (Å²) in [5, 5.41) is 9.62. The third-order valence-corrected chi connectivity index (χ3v) is 2.92. The van der Waals surface area contributed by atoms with Crippen LogP contribution in [0.1, 0.15) is 31.1 Å². The van der Waals surface area contributed by atoms with Crippen LogP contribution in [0.3, 0.4) is 0 Å². The minimum atomic E-state index is -0.688. The fraction of sp³-hybridized carbons (Fsp3) is 0.636. The van der Waals surface area contributed by atoms with Gasteiger partial charge in [0, 0.05) is 25.7 Å². The summed E-state index contributed by atoms with van der Waals surface area (Å²) >= 11 is 0. The lowest BCUT2D eigenvalue weighted by molar-refractivity contribution is 0.181. The van der Waals surface area contributed by atoms with E-state index in [0.717, 1.165) is 18.9 Å². The molecule has 1 saturated heterocycles. The Kier molecular flexibility index (Phi) is 3.69. The Morgan fingerprint density at radius 2 is 2.06 bits per heavy atom. The Balaban J connectivity index is 2.14. The zero-order valence-electron chi connectivity index (χ0n) is 9.34. The van der Waals surface area contributed by atoms with Gasteiger partial charge in [-0.3, -0.25) is 0 Å². The maximum absolute atomic E-state index is 9.62. The zero-order chi connectivity index (χ0) is 11.4. The first kappa shape index (κ1) is 11.3. The van der Waals surface area contributed by atoms with Crippen LogP contribution < -0.4 is 10.6 Å². The number of aliphatic hydroxyl groups excluding tert-OH is 1. The summed E-state index contributed by atoms with van der Waals surface area (Å²) in [4.78, 5) is 10.5. The third kappa shape index (κ3) is 2.48. The number of nitrogens with zero attached hydrogens (tertiary/aromatic N) is 3. The molecule has 0 aromatic carbocycles. The lowest BCUT2D eigenvalue weighted by Gasteiger charge is -2.27. The molecule has 5 heteroatoms. The average molecular weight is 222 g/mol. The van der Waals surface area contributed by atoms with Gasteiger partial charge in [-0.25, -0.2) is 9.97 Å². The van der Waals surface area contributed by atoms with Crippen molar-refractivity contribution in [2.75, 3.05) is 24.5 Å². The Bertz CT molecular complexity index is 339. The van der Waals surface area contributed by atoms with Crippen LogP contribution in [0.2, 0.25) is 0 Å². The van der Waals surface area contributed by atoms with E-state index in [1.165, 1.54) is 25.6 Å². The monoisotopic (exact) mass is 222 g/mol. The summed E-state index contributed by atoms with van der Waals surface area (Å²) in [7, 11) is 0. The molecule has 0 radical (unpaired) electrons. The number of hydrogen-bond acceptors (Lipinski definition) is 5. The maximum Gasteiger partial charge on any atom is 0.132 e. The minimum Gasteiger partial charge on any atom is -0.385 e. The van der Waals surface area contributed by atoms with Gasteiger partial charge in [0.1, 0.15) is 18.2 Å². The van der Waals surface area contributed by atoms with Crippen LogP contribution in [0, 0.1) is 0 Å². The van der Waals surface area contributed by atoms with Crippen molar-refractivity contribution < 1.29 is 5.11 Å². The molecule has 0 aliphatic carbocycles. The summed E-state index contributed by atoms with van der Waals surface area (Å²) in [5.74, 6) is 0.900. The molecule has 1 aliphatic rings. The summed E-state index contributed by atoms with van der Waals surface area (Å²) in [6.45, 7) is 2.26. The van der Waals surface area contributed by atoms with Gasteiger partial charge in [0.05, 0.1) is 5.69 Å². The molecule has 88 valence electrons. The summed E-state index contributed by atoms with van der Waals surface area (Å²) < 4.78 is 0. The number of aromatic nitrogens is 2. The van der Waals surface area contributed by atoms with Crippen molar-refractivity contribution in [1.82, 2.24) is 9.97 Å². The minimum absolute atomic E-state index is 0.191. The number of aliphatic hydroxyl groups is 1. The largest absolute Gasteiger partial charge is 0.385 e. The highest BCUT2D eigenvalue weighted by Gasteiger charge is 2.14. The first-order valence-corrected chi connectivity index (χ1v) is 5.76.